The number of nitrogens with one attached hydrogen (secondary N) is 2. The van der Waals surface area contributed by atoms with Crippen molar-refractivity contribution in [1.29, 1.82) is 0 Å². The third-order valence-electron chi connectivity index (χ3n) is 4.24. The molecule has 1 aromatic carbocycles. The zero-order valence-electron chi connectivity index (χ0n) is 15.5. The quantitative estimate of drug-likeness (QED) is 0.407. The van der Waals surface area contributed by atoms with Crippen LogP contribution in [-0.4, -0.2) is 36.3 Å². The highest BCUT2D eigenvalue weighted by atomic mass is 16.5. The van der Waals surface area contributed by atoms with Crippen molar-refractivity contribution in [2.45, 2.75) is 39.2 Å². The molecule has 0 bridgehead atoms. The number of nitrogens with zero attached hydrogens (tertiary/aromatic N) is 3. The van der Waals surface area contributed by atoms with Crippen molar-refractivity contribution in [2.24, 2.45) is 10.9 Å². The second kappa shape index (κ2) is 9.22. The average Bonchev–Trinajstić information content (AvgIpc) is 3.40. The minimum atomic E-state index is 0.670. The van der Waals surface area contributed by atoms with Crippen LogP contribution in [0.1, 0.15) is 36.5 Å². The fourth-order valence-corrected chi connectivity index (χ4v) is 2.57. The van der Waals surface area contributed by atoms with Gasteiger partial charge in [0.2, 0.25) is 5.89 Å². The zero-order valence-corrected chi connectivity index (χ0v) is 15.5. The van der Waals surface area contributed by atoms with Gasteiger partial charge in [-0.3, -0.25) is 4.99 Å². The summed E-state index contributed by atoms with van der Waals surface area (Å²) < 4.78 is 11.1. The third kappa shape index (κ3) is 5.75. The molecule has 0 unspecified atom stereocenters. The Morgan fingerprint density at radius 1 is 1.31 bits per heavy atom. The molecule has 1 aromatic heterocycles. The van der Waals surface area contributed by atoms with Gasteiger partial charge >= 0.3 is 0 Å². The number of rotatable bonds is 9. The molecule has 2 aromatic rings. The highest BCUT2D eigenvalue weighted by Gasteiger charge is 2.22. The van der Waals surface area contributed by atoms with Crippen LogP contribution in [0.2, 0.25) is 0 Å². The maximum atomic E-state index is 5.95. The van der Waals surface area contributed by atoms with Crippen LogP contribution in [0.4, 0.5) is 0 Å². The van der Waals surface area contributed by atoms with E-state index >= 15 is 0 Å². The molecule has 7 nitrogen and oxygen atoms in total. The number of aryl methyl sites for hydroxylation is 2. The van der Waals surface area contributed by atoms with Crippen molar-refractivity contribution in [3.63, 3.8) is 0 Å². The summed E-state index contributed by atoms with van der Waals surface area (Å²) in [6.45, 7) is 4.09. The minimum Gasteiger partial charge on any atom is -0.493 e. The van der Waals surface area contributed by atoms with E-state index in [4.69, 9.17) is 9.26 Å². The van der Waals surface area contributed by atoms with Crippen molar-refractivity contribution in [3.8, 4) is 5.75 Å². The van der Waals surface area contributed by atoms with Gasteiger partial charge < -0.3 is 19.9 Å². The van der Waals surface area contributed by atoms with Gasteiger partial charge in [-0.15, -0.1) is 0 Å². The first-order chi connectivity index (χ1) is 12.7. The molecule has 0 atom stereocenters. The monoisotopic (exact) mass is 357 g/mol. The second-order valence-corrected chi connectivity index (χ2v) is 6.55. The van der Waals surface area contributed by atoms with Crippen molar-refractivity contribution in [1.82, 2.24) is 20.8 Å². The van der Waals surface area contributed by atoms with E-state index in [1.54, 1.807) is 7.05 Å². The van der Waals surface area contributed by atoms with Gasteiger partial charge in [0.05, 0.1) is 6.61 Å². The lowest BCUT2D eigenvalue weighted by molar-refractivity contribution is 0.296. The highest BCUT2D eigenvalue weighted by molar-refractivity contribution is 5.79. The molecule has 3 rings (SSSR count). The van der Waals surface area contributed by atoms with E-state index in [0.717, 1.165) is 49.2 Å². The highest BCUT2D eigenvalue weighted by Crippen LogP contribution is 2.30. The van der Waals surface area contributed by atoms with Gasteiger partial charge in [-0.05, 0) is 38.2 Å². The molecule has 140 valence electrons. The van der Waals surface area contributed by atoms with Gasteiger partial charge in [-0.25, -0.2) is 0 Å². The topological polar surface area (TPSA) is 84.6 Å². The molecule has 1 heterocycles. The first-order valence-electron chi connectivity index (χ1n) is 9.19. The Balaban J connectivity index is 1.40. The number of aliphatic imine (C=N–C) groups is 1. The Hall–Kier alpha value is -2.57. The molecule has 1 saturated carbocycles. The summed E-state index contributed by atoms with van der Waals surface area (Å²) in [4.78, 5) is 8.47. The second-order valence-electron chi connectivity index (χ2n) is 6.55. The van der Waals surface area contributed by atoms with Crippen LogP contribution in [0.25, 0.3) is 0 Å². The lowest BCUT2D eigenvalue weighted by Gasteiger charge is -2.14. The molecule has 1 aliphatic carbocycles. The lowest BCUT2D eigenvalue weighted by atomic mass is 10.2. The number of hydrogen-bond acceptors (Lipinski definition) is 5. The molecular formula is C19H27N5O2. The summed E-state index contributed by atoms with van der Waals surface area (Å²) in [7, 11) is 1.77. The molecule has 0 saturated heterocycles. The fraction of sp³-hybridized carbons (Fsp3) is 0.526. The standard InChI is InChI=1S/C19H27N5O2/c1-14-23-18(26-24-14)8-5-11-21-19(20-2)22-12-16-6-3-4-7-17(16)25-13-15-9-10-15/h3-4,6-7,15H,5,8-13H2,1-2H3,(H2,20,21,22). The van der Waals surface area contributed by atoms with E-state index in [1.807, 2.05) is 25.1 Å². The summed E-state index contributed by atoms with van der Waals surface area (Å²) in [5.41, 5.74) is 1.14. The predicted octanol–water partition coefficient (Wildman–Crippen LogP) is 2.46. The van der Waals surface area contributed by atoms with Crippen molar-refractivity contribution in [3.05, 3.63) is 41.5 Å². The molecule has 0 aliphatic heterocycles. The smallest absolute Gasteiger partial charge is 0.226 e. The molecule has 1 aliphatic rings. The number of aromatic nitrogens is 2. The minimum absolute atomic E-state index is 0.670. The van der Waals surface area contributed by atoms with Gasteiger partial charge in [0.15, 0.2) is 11.8 Å². The van der Waals surface area contributed by atoms with E-state index in [2.05, 4.69) is 31.8 Å². The number of para-hydroxylation sites is 1. The van der Waals surface area contributed by atoms with E-state index in [0.29, 0.717) is 18.3 Å². The number of ether oxygens (including phenoxy) is 1. The van der Waals surface area contributed by atoms with E-state index in [-0.39, 0.29) is 0 Å². The van der Waals surface area contributed by atoms with Crippen LogP contribution in [0.5, 0.6) is 5.75 Å². The van der Waals surface area contributed by atoms with E-state index in [9.17, 15) is 0 Å². The van der Waals surface area contributed by atoms with Crippen molar-refractivity contribution < 1.29 is 9.26 Å². The molecule has 0 radical (unpaired) electrons. The summed E-state index contributed by atoms with van der Waals surface area (Å²) in [5.74, 6) is 3.81. The van der Waals surface area contributed by atoms with Gasteiger partial charge in [0, 0.05) is 32.1 Å². The predicted molar refractivity (Wildman–Crippen MR) is 100 cm³/mol. The average molecular weight is 357 g/mol. The third-order valence-corrected chi connectivity index (χ3v) is 4.24. The lowest BCUT2D eigenvalue weighted by Crippen LogP contribution is -2.37. The number of hydrogen-bond donors (Lipinski definition) is 2. The summed E-state index contributed by atoms with van der Waals surface area (Å²) in [6.07, 6.45) is 4.23. The van der Waals surface area contributed by atoms with E-state index < -0.39 is 0 Å². The Morgan fingerprint density at radius 3 is 2.88 bits per heavy atom. The SMILES string of the molecule is CN=C(NCCCc1nc(C)no1)NCc1ccccc1OCC1CC1. The Labute approximate surface area is 154 Å². The van der Waals surface area contributed by atoms with Gasteiger partial charge in [0.1, 0.15) is 5.75 Å². The maximum Gasteiger partial charge on any atom is 0.226 e. The molecule has 0 amide bonds. The van der Waals surface area contributed by atoms with Crippen LogP contribution in [0, 0.1) is 12.8 Å². The number of benzene rings is 1. The zero-order chi connectivity index (χ0) is 18.2. The first kappa shape index (κ1) is 18.2. The van der Waals surface area contributed by atoms with Crippen molar-refractivity contribution in [2.75, 3.05) is 20.2 Å². The van der Waals surface area contributed by atoms with Crippen LogP contribution >= 0.6 is 0 Å². The van der Waals surface area contributed by atoms with Crippen LogP contribution in [-0.2, 0) is 13.0 Å². The molecule has 2 N–H and O–H groups in total. The Bertz CT molecular complexity index is 724. The first-order valence-corrected chi connectivity index (χ1v) is 9.19. The van der Waals surface area contributed by atoms with E-state index in [1.165, 1.54) is 12.8 Å². The number of guanidine groups is 1. The van der Waals surface area contributed by atoms with Crippen LogP contribution in [0.3, 0.4) is 0 Å². The molecule has 1 fully saturated rings. The van der Waals surface area contributed by atoms with Crippen LogP contribution in [0.15, 0.2) is 33.8 Å². The largest absolute Gasteiger partial charge is 0.493 e. The van der Waals surface area contributed by atoms with Gasteiger partial charge in [0.25, 0.3) is 0 Å². The molecule has 7 heteroatoms. The molecular weight excluding hydrogens is 330 g/mol. The summed E-state index contributed by atoms with van der Waals surface area (Å²) in [5, 5.41) is 10.4. The molecule has 0 spiro atoms. The summed E-state index contributed by atoms with van der Waals surface area (Å²) in [6, 6.07) is 8.16. The Kier molecular flexibility index (Phi) is 6.46. The maximum absolute atomic E-state index is 5.95. The van der Waals surface area contributed by atoms with Crippen LogP contribution < -0.4 is 15.4 Å². The summed E-state index contributed by atoms with van der Waals surface area (Å²) >= 11 is 0. The van der Waals surface area contributed by atoms with Gasteiger partial charge in [-0.1, -0.05) is 23.4 Å². The van der Waals surface area contributed by atoms with Gasteiger partial charge in [-0.2, -0.15) is 4.98 Å². The van der Waals surface area contributed by atoms with Crippen molar-refractivity contribution >= 4 is 5.96 Å². The Morgan fingerprint density at radius 2 is 2.15 bits per heavy atom. The normalized spacial score (nSPS) is 14.3. The fourth-order valence-electron chi connectivity index (χ4n) is 2.57. The molecule has 26 heavy (non-hydrogen) atoms.